The molecular weight excluding hydrogens is 859 g/mol. The lowest BCUT2D eigenvalue weighted by Crippen LogP contribution is -2.60. The van der Waals surface area contributed by atoms with E-state index in [0.29, 0.717) is 25.9 Å². The molecule has 396 valence electrons. The molecule has 1 fully saturated rings. The van der Waals surface area contributed by atoms with Crippen molar-refractivity contribution in [2.75, 3.05) is 19.8 Å². The molecule has 0 aromatic heterocycles. The average molecular weight is 962 g/mol. The van der Waals surface area contributed by atoms with Crippen molar-refractivity contribution in [2.24, 2.45) is 0 Å². The van der Waals surface area contributed by atoms with Crippen molar-refractivity contribution in [3.63, 3.8) is 0 Å². The zero-order chi connectivity index (χ0) is 49.6. The van der Waals surface area contributed by atoms with Crippen LogP contribution in [0.25, 0.3) is 0 Å². The number of nitrogens with one attached hydrogen (secondary N) is 1. The van der Waals surface area contributed by atoms with Gasteiger partial charge < -0.3 is 45.1 Å². The minimum absolute atomic E-state index is 0.0151. The molecule has 1 saturated heterocycles. The van der Waals surface area contributed by atoms with Crippen LogP contribution in [0, 0.1) is 0 Å². The highest BCUT2D eigenvalue weighted by molar-refractivity contribution is 5.76. The molecule has 7 atom stereocenters. The topological polar surface area (TPSA) is 175 Å². The van der Waals surface area contributed by atoms with E-state index in [1.165, 1.54) is 103 Å². The van der Waals surface area contributed by atoms with Gasteiger partial charge in [-0.2, -0.15) is 0 Å². The fourth-order valence-electron chi connectivity index (χ4n) is 8.41. The Morgan fingerprint density at radius 3 is 1.51 bits per heavy atom. The zero-order valence-electron chi connectivity index (χ0n) is 43.3. The number of hydrogen-bond acceptors (Lipinski definition) is 10. The molecular formula is C57H103NO10. The maximum Gasteiger partial charge on any atom is 0.305 e. The van der Waals surface area contributed by atoms with Gasteiger partial charge in [0.05, 0.1) is 32.0 Å². The third-order valence-corrected chi connectivity index (χ3v) is 12.9. The Balaban J connectivity index is 2.13. The number of ether oxygens (including phenoxy) is 3. The summed E-state index contributed by atoms with van der Waals surface area (Å²) >= 11 is 0. The first-order valence-electron chi connectivity index (χ1n) is 27.9. The lowest BCUT2D eigenvalue weighted by Gasteiger charge is -2.40. The van der Waals surface area contributed by atoms with Crippen LogP contribution in [0.4, 0.5) is 0 Å². The first-order chi connectivity index (χ1) is 33.2. The monoisotopic (exact) mass is 962 g/mol. The van der Waals surface area contributed by atoms with Gasteiger partial charge in [0.1, 0.15) is 24.4 Å². The summed E-state index contributed by atoms with van der Waals surface area (Å²) in [5.74, 6) is -0.228. The molecule has 6 N–H and O–H groups in total. The van der Waals surface area contributed by atoms with Gasteiger partial charge in [-0.25, -0.2) is 0 Å². The Morgan fingerprint density at radius 2 is 0.985 bits per heavy atom. The van der Waals surface area contributed by atoms with Gasteiger partial charge in [-0.15, -0.1) is 0 Å². The van der Waals surface area contributed by atoms with Gasteiger partial charge >= 0.3 is 5.97 Å². The first-order valence-corrected chi connectivity index (χ1v) is 27.9. The van der Waals surface area contributed by atoms with Crippen LogP contribution in [0.3, 0.4) is 0 Å². The van der Waals surface area contributed by atoms with Crippen LogP contribution in [0.1, 0.15) is 239 Å². The van der Waals surface area contributed by atoms with E-state index < -0.39 is 49.5 Å². The van der Waals surface area contributed by atoms with Crippen molar-refractivity contribution in [1.82, 2.24) is 5.32 Å². The fourth-order valence-corrected chi connectivity index (χ4v) is 8.41. The number of unbranched alkanes of at least 4 members (excludes halogenated alkanes) is 27. The van der Waals surface area contributed by atoms with Gasteiger partial charge in [-0.05, 0) is 77.0 Å². The van der Waals surface area contributed by atoms with E-state index in [9.17, 15) is 35.1 Å². The third-order valence-electron chi connectivity index (χ3n) is 12.9. The van der Waals surface area contributed by atoms with E-state index in [1.807, 2.05) is 6.08 Å². The van der Waals surface area contributed by atoms with Crippen molar-refractivity contribution in [3.05, 3.63) is 48.6 Å². The quantitative estimate of drug-likeness (QED) is 0.0196. The van der Waals surface area contributed by atoms with Gasteiger partial charge in [0.2, 0.25) is 5.91 Å². The van der Waals surface area contributed by atoms with Crippen LogP contribution in [0.5, 0.6) is 0 Å². The van der Waals surface area contributed by atoms with Crippen molar-refractivity contribution in [3.8, 4) is 0 Å². The number of rotatable bonds is 47. The molecule has 0 spiro atoms. The highest BCUT2D eigenvalue weighted by Gasteiger charge is 2.44. The van der Waals surface area contributed by atoms with Gasteiger partial charge in [0, 0.05) is 12.8 Å². The van der Waals surface area contributed by atoms with Gasteiger partial charge in [-0.1, -0.05) is 197 Å². The number of carbonyl (C=O) groups is 2. The van der Waals surface area contributed by atoms with Crippen LogP contribution in [-0.4, -0.2) is 100 Å². The van der Waals surface area contributed by atoms with E-state index in [1.54, 1.807) is 6.08 Å². The molecule has 0 aromatic rings. The first kappa shape index (κ1) is 63.6. The second kappa shape index (κ2) is 47.0. The Labute approximate surface area is 415 Å². The van der Waals surface area contributed by atoms with Crippen molar-refractivity contribution in [1.29, 1.82) is 0 Å². The molecule has 1 aliphatic rings. The Kier molecular flexibility index (Phi) is 44.0. The van der Waals surface area contributed by atoms with Gasteiger partial charge in [0.15, 0.2) is 6.29 Å². The van der Waals surface area contributed by atoms with Crippen molar-refractivity contribution < 1.29 is 49.3 Å². The van der Waals surface area contributed by atoms with Gasteiger partial charge in [-0.3, -0.25) is 9.59 Å². The summed E-state index contributed by atoms with van der Waals surface area (Å²) in [5, 5.41) is 54.2. The van der Waals surface area contributed by atoms with Crippen LogP contribution in [-0.2, 0) is 23.8 Å². The average Bonchev–Trinajstić information content (AvgIpc) is 3.33. The lowest BCUT2D eigenvalue weighted by atomic mass is 9.99. The van der Waals surface area contributed by atoms with E-state index in [0.717, 1.165) is 103 Å². The van der Waals surface area contributed by atoms with Crippen molar-refractivity contribution >= 4 is 11.9 Å². The summed E-state index contributed by atoms with van der Waals surface area (Å²) in [7, 11) is 0. The zero-order valence-corrected chi connectivity index (χ0v) is 43.3. The highest BCUT2D eigenvalue weighted by atomic mass is 16.7. The molecule has 7 unspecified atom stereocenters. The SMILES string of the molecule is CCC/C=C/CC/C=C/CC/C=C/C(O)C(COC1OC(CO)C(O)C(O)C1O)NC(=O)CCCCCCC/C=C\CCCCCCCCCCCOC(=O)CCCCCCCCCCCCC. The molecule has 0 bridgehead atoms. The molecule has 0 aromatic carbocycles. The van der Waals surface area contributed by atoms with Crippen molar-refractivity contribution in [2.45, 2.75) is 281 Å². The molecule has 0 radical (unpaired) electrons. The summed E-state index contributed by atoms with van der Waals surface area (Å²) in [4.78, 5) is 25.0. The van der Waals surface area contributed by atoms with E-state index in [-0.39, 0.29) is 18.5 Å². The number of allylic oxidation sites excluding steroid dienone is 7. The maximum atomic E-state index is 13.0. The second-order valence-corrected chi connectivity index (χ2v) is 19.3. The fraction of sp³-hybridized carbons (Fsp3) is 0.825. The Bertz CT molecular complexity index is 1270. The van der Waals surface area contributed by atoms with Crippen LogP contribution < -0.4 is 5.32 Å². The molecule has 0 saturated carbocycles. The lowest BCUT2D eigenvalue weighted by molar-refractivity contribution is -0.302. The summed E-state index contributed by atoms with van der Waals surface area (Å²) in [6.07, 6.45) is 47.7. The molecule has 11 nitrogen and oxygen atoms in total. The van der Waals surface area contributed by atoms with Crippen LogP contribution in [0.2, 0.25) is 0 Å². The Morgan fingerprint density at radius 1 is 0.529 bits per heavy atom. The second-order valence-electron chi connectivity index (χ2n) is 19.3. The molecule has 1 rings (SSSR count). The van der Waals surface area contributed by atoms with Crippen LogP contribution in [0.15, 0.2) is 48.6 Å². The molecule has 11 heteroatoms. The number of carbonyl (C=O) groups excluding carboxylic acids is 2. The predicted molar refractivity (Wildman–Crippen MR) is 278 cm³/mol. The molecule has 0 aliphatic carbocycles. The number of aliphatic hydroxyl groups excluding tert-OH is 5. The number of amides is 1. The summed E-state index contributed by atoms with van der Waals surface area (Å²) in [5.41, 5.74) is 0. The highest BCUT2D eigenvalue weighted by Crippen LogP contribution is 2.23. The molecule has 1 heterocycles. The van der Waals surface area contributed by atoms with E-state index >= 15 is 0 Å². The third kappa shape index (κ3) is 36.5. The number of aliphatic hydroxyl groups is 5. The number of hydrogen-bond donors (Lipinski definition) is 6. The standard InChI is InChI=1S/C57H103NO10/c1-3-5-7-9-11-13-23-27-31-35-39-43-50(60)49(48-67-57-56(65)55(64)54(63)51(47-59)68-57)58-52(61)44-40-36-32-28-25-21-19-17-15-16-18-20-22-26-30-34-38-42-46-66-53(62)45-41-37-33-29-24-14-12-10-8-6-4-2/h7,9,17,19,23,27,39,43,49-51,54-57,59-60,63-65H,3-6,8,10-16,18,20-22,24-26,28-38,40-42,44-48H2,1-2H3,(H,58,61)/b9-7+,19-17-,27-23+,43-39+. The molecule has 68 heavy (non-hydrogen) atoms. The normalized spacial score (nSPS) is 19.8. The predicted octanol–water partition coefficient (Wildman–Crippen LogP) is 12.1. The largest absolute Gasteiger partial charge is 0.466 e. The van der Waals surface area contributed by atoms with E-state index in [4.69, 9.17) is 14.2 Å². The maximum absolute atomic E-state index is 13.0. The Hall–Kier alpha value is -2.38. The van der Waals surface area contributed by atoms with Crippen LogP contribution >= 0.6 is 0 Å². The summed E-state index contributed by atoms with van der Waals surface area (Å²) in [6, 6.07) is -0.844. The molecule has 1 aliphatic heterocycles. The minimum Gasteiger partial charge on any atom is -0.466 e. The molecule has 1 amide bonds. The van der Waals surface area contributed by atoms with Gasteiger partial charge in [0.25, 0.3) is 0 Å². The summed E-state index contributed by atoms with van der Waals surface area (Å²) in [6.45, 7) is 4.21. The minimum atomic E-state index is -1.58. The number of esters is 1. The van der Waals surface area contributed by atoms with E-state index in [2.05, 4.69) is 55.6 Å². The summed E-state index contributed by atoms with van der Waals surface area (Å²) < 4.78 is 16.6. The smallest absolute Gasteiger partial charge is 0.305 e.